The van der Waals surface area contributed by atoms with E-state index >= 15 is 0 Å². The van der Waals surface area contributed by atoms with Gasteiger partial charge in [0.1, 0.15) is 5.04 Å². The topological polar surface area (TPSA) is 96.9 Å². The van der Waals surface area contributed by atoms with Crippen molar-refractivity contribution in [3.8, 4) is 0 Å². The summed E-state index contributed by atoms with van der Waals surface area (Å²) in [7, 11) is -3.68. The van der Waals surface area contributed by atoms with Crippen molar-refractivity contribution < 1.29 is 22.7 Å². The zero-order valence-electron chi connectivity index (χ0n) is 9.81. The summed E-state index contributed by atoms with van der Waals surface area (Å²) >= 11 is 0.975. The molecule has 2 heterocycles. The fourth-order valence-corrected chi connectivity index (χ4v) is 4.10. The van der Waals surface area contributed by atoms with Crippen LogP contribution in [0.2, 0.25) is 0 Å². The molecule has 20 heavy (non-hydrogen) atoms. The van der Waals surface area contributed by atoms with Gasteiger partial charge >= 0.3 is 5.97 Å². The Balaban J connectivity index is 1.98. The number of benzene rings is 1. The molecule has 1 N–H and O–H groups in total. The molecule has 0 spiro atoms. The summed E-state index contributed by atoms with van der Waals surface area (Å²) in [6.07, 6.45) is 0. The van der Waals surface area contributed by atoms with Crippen LogP contribution in [0.1, 0.15) is 16.1 Å². The Kier molecular flexibility index (Phi) is 2.91. The van der Waals surface area contributed by atoms with Crippen molar-refractivity contribution in [2.45, 2.75) is 9.99 Å². The Bertz CT molecular complexity index is 835. The lowest BCUT2D eigenvalue weighted by atomic mass is 10.2. The average Bonchev–Trinajstić information content (AvgIpc) is 2.95. The van der Waals surface area contributed by atoms with E-state index in [1.807, 2.05) is 0 Å². The van der Waals surface area contributed by atoms with Crippen LogP contribution in [-0.2, 0) is 10.0 Å². The van der Waals surface area contributed by atoms with Crippen LogP contribution in [0.25, 0.3) is 0 Å². The van der Waals surface area contributed by atoms with Crippen LogP contribution in [0, 0.1) is 0 Å². The Morgan fingerprint density at radius 1 is 1.20 bits per heavy atom. The molecular formula is C12H7NO5S2. The molecule has 102 valence electrons. The van der Waals surface area contributed by atoms with Crippen molar-refractivity contribution in [2.24, 2.45) is 4.40 Å². The van der Waals surface area contributed by atoms with Crippen molar-refractivity contribution in [3.63, 3.8) is 0 Å². The van der Waals surface area contributed by atoms with Gasteiger partial charge in [-0.1, -0.05) is 18.2 Å². The number of carbonyl (C=O) groups is 1. The van der Waals surface area contributed by atoms with Crippen LogP contribution in [0.3, 0.4) is 0 Å². The first-order valence-corrected chi connectivity index (χ1v) is 7.68. The first-order chi connectivity index (χ1) is 9.47. The second kappa shape index (κ2) is 4.50. The number of furan rings is 1. The lowest BCUT2D eigenvalue weighted by molar-refractivity contribution is 0.0656. The second-order valence-corrected chi connectivity index (χ2v) is 6.46. The molecule has 8 heteroatoms. The number of hydrogen-bond acceptors (Lipinski definition) is 5. The molecule has 1 aliphatic heterocycles. The predicted octanol–water partition coefficient (Wildman–Crippen LogP) is 2.22. The number of fused-ring (bicyclic) bond motifs is 1. The van der Waals surface area contributed by atoms with Crippen molar-refractivity contribution in [1.29, 1.82) is 0 Å². The van der Waals surface area contributed by atoms with Gasteiger partial charge in [0.15, 0.2) is 5.09 Å². The standard InChI is InChI=1S/C12H7NO5S2/c14-12(15)8-5-6-10(18-8)19-11-7-3-1-2-4-9(7)20(16,17)13-11/h1-6H,(H,14,15). The molecule has 3 rings (SSSR count). The summed E-state index contributed by atoms with van der Waals surface area (Å²) in [5.41, 5.74) is 0.491. The van der Waals surface area contributed by atoms with E-state index in [0.717, 1.165) is 11.8 Å². The molecule has 1 aliphatic rings. The van der Waals surface area contributed by atoms with Crippen LogP contribution in [0.5, 0.6) is 0 Å². The highest BCUT2D eigenvalue weighted by molar-refractivity contribution is 8.15. The number of hydrogen-bond donors (Lipinski definition) is 1. The first-order valence-electron chi connectivity index (χ1n) is 5.43. The van der Waals surface area contributed by atoms with Gasteiger partial charge in [-0.15, -0.1) is 0 Å². The van der Waals surface area contributed by atoms with E-state index in [2.05, 4.69) is 4.40 Å². The van der Waals surface area contributed by atoms with Gasteiger partial charge in [-0.2, -0.15) is 12.8 Å². The highest BCUT2D eigenvalue weighted by Gasteiger charge is 2.29. The largest absolute Gasteiger partial charge is 0.475 e. The molecule has 1 aromatic heterocycles. The van der Waals surface area contributed by atoms with Crippen molar-refractivity contribution in [2.75, 3.05) is 0 Å². The number of carboxylic acids is 1. The molecule has 0 aliphatic carbocycles. The maximum Gasteiger partial charge on any atom is 0.371 e. The summed E-state index contributed by atoms with van der Waals surface area (Å²) < 4.78 is 32.4. The molecule has 0 fully saturated rings. The monoisotopic (exact) mass is 309 g/mol. The summed E-state index contributed by atoms with van der Waals surface area (Å²) in [6, 6.07) is 9.22. The number of sulfonamides is 1. The summed E-state index contributed by atoms with van der Waals surface area (Å²) in [5.74, 6) is -1.39. The van der Waals surface area contributed by atoms with E-state index in [0.29, 0.717) is 5.56 Å². The number of aromatic carboxylic acids is 1. The molecule has 0 atom stereocenters. The van der Waals surface area contributed by atoms with E-state index in [9.17, 15) is 13.2 Å². The van der Waals surface area contributed by atoms with E-state index in [4.69, 9.17) is 9.52 Å². The van der Waals surface area contributed by atoms with Gasteiger partial charge in [0.05, 0.1) is 4.90 Å². The Hall–Kier alpha value is -2.06. The zero-order valence-corrected chi connectivity index (χ0v) is 11.4. The molecule has 0 saturated carbocycles. The number of carboxylic acid groups (broad SMARTS) is 1. The first kappa shape index (κ1) is 12.9. The highest BCUT2D eigenvalue weighted by Crippen LogP contribution is 2.34. The Morgan fingerprint density at radius 2 is 1.95 bits per heavy atom. The van der Waals surface area contributed by atoms with Crippen molar-refractivity contribution in [1.82, 2.24) is 0 Å². The number of rotatable bonds is 2. The molecule has 2 aromatic rings. The Labute approximate surface area is 118 Å². The highest BCUT2D eigenvalue weighted by atomic mass is 32.2. The molecule has 0 amide bonds. The van der Waals surface area contributed by atoms with Gasteiger partial charge in [0.25, 0.3) is 10.0 Å². The van der Waals surface area contributed by atoms with E-state index < -0.39 is 16.0 Å². The maximum atomic E-state index is 11.8. The van der Waals surface area contributed by atoms with Gasteiger partial charge in [-0.25, -0.2) is 4.79 Å². The molecule has 1 aromatic carbocycles. The molecule has 0 radical (unpaired) electrons. The van der Waals surface area contributed by atoms with Gasteiger partial charge in [0, 0.05) is 5.56 Å². The van der Waals surface area contributed by atoms with Crippen LogP contribution < -0.4 is 0 Å². The maximum absolute atomic E-state index is 11.8. The van der Waals surface area contributed by atoms with E-state index in [1.165, 1.54) is 18.2 Å². The molecule has 0 saturated heterocycles. The summed E-state index contributed by atoms with van der Waals surface area (Å²) in [5, 5.41) is 9.31. The molecule has 0 unspecified atom stereocenters. The lowest BCUT2D eigenvalue weighted by Crippen LogP contribution is -1.93. The summed E-state index contributed by atoms with van der Waals surface area (Å²) in [4.78, 5) is 10.9. The molecule has 6 nitrogen and oxygen atoms in total. The number of thioether (sulfide) groups is 1. The smallest absolute Gasteiger partial charge is 0.371 e. The third-order valence-electron chi connectivity index (χ3n) is 2.59. The minimum absolute atomic E-state index is 0.146. The predicted molar refractivity (Wildman–Crippen MR) is 71.7 cm³/mol. The van der Waals surface area contributed by atoms with Crippen LogP contribution in [0.15, 0.2) is 55.2 Å². The minimum Gasteiger partial charge on any atom is -0.475 e. The average molecular weight is 309 g/mol. The fourth-order valence-electron chi connectivity index (χ4n) is 1.73. The Morgan fingerprint density at radius 3 is 2.65 bits per heavy atom. The van der Waals surface area contributed by atoms with E-state index in [1.54, 1.807) is 18.2 Å². The van der Waals surface area contributed by atoms with Crippen LogP contribution >= 0.6 is 11.8 Å². The SMILES string of the molecule is O=C(O)c1ccc(SC2=NS(=O)(=O)c3ccccc32)o1. The second-order valence-electron chi connectivity index (χ2n) is 3.89. The van der Waals surface area contributed by atoms with Crippen LogP contribution in [0.4, 0.5) is 0 Å². The van der Waals surface area contributed by atoms with Crippen molar-refractivity contribution >= 4 is 32.8 Å². The normalized spacial score (nSPS) is 15.7. The fraction of sp³-hybridized carbons (Fsp3) is 0. The minimum atomic E-state index is -3.68. The third-order valence-corrected chi connectivity index (χ3v) is 4.96. The van der Waals surface area contributed by atoms with Gasteiger partial charge in [0.2, 0.25) is 5.76 Å². The van der Waals surface area contributed by atoms with Gasteiger partial charge in [-0.05, 0) is 30.0 Å². The molecular weight excluding hydrogens is 302 g/mol. The zero-order chi connectivity index (χ0) is 14.3. The quantitative estimate of drug-likeness (QED) is 0.913. The van der Waals surface area contributed by atoms with Gasteiger partial charge < -0.3 is 9.52 Å². The van der Waals surface area contributed by atoms with Gasteiger partial charge in [-0.3, -0.25) is 0 Å². The summed E-state index contributed by atoms with van der Waals surface area (Å²) in [6.45, 7) is 0. The third kappa shape index (κ3) is 2.12. The van der Waals surface area contributed by atoms with E-state index in [-0.39, 0.29) is 20.8 Å². The van der Waals surface area contributed by atoms with Crippen molar-refractivity contribution in [3.05, 3.63) is 47.7 Å². The molecule has 0 bridgehead atoms. The van der Waals surface area contributed by atoms with Crippen LogP contribution in [-0.4, -0.2) is 24.5 Å². The number of nitrogens with zero attached hydrogens (tertiary/aromatic N) is 1. The lowest BCUT2D eigenvalue weighted by Gasteiger charge is -1.98.